The lowest BCUT2D eigenvalue weighted by Gasteiger charge is -2.31. The van der Waals surface area contributed by atoms with Gasteiger partial charge in [-0.3, -0.25) is 0 Å². The summed E-state index contributed by atoms with van der Waals surface area (Å²) in [6, 6.07) is 7.24. The number of likely N-dealkylation sites (tertiary alicyclic amines) is 1. The normalized spacial score (nSPS) is 17.6. The Labute approximate surface area is 125 Å². The molecule has 0 aliphatic carbocycles. The Morgan fingerprint density at radius 2 is 2.19 bits per heavy atom. The highest BCUT2D eigenvalue weighted by atomic mass is 16.5. The minimum atomic E-state index is -0.536. The van der Waals surface area contributed by atoms with E-state index in [1.165, 1.54) is 0 Å². The lowest BCUT2D eigenvalue weighted by atomic mass is 9.98. The molecule has 1 aliphatic heterocycles. The van der Waals surface area contributed by atoms with Crippen LogP contribution in [0.25, 0.3) is 0 Å². The maximum absolute atomic E-state index is 12.2. The number of aliphatic hydroxyl groups excluding tert-OH is 1. The van der Waals surface area contributed by atoms with Crippen molar-refractivity contribution < 1.29 is 14.6 Å². The van der Waals surface area contributed by atoms with E-state index in [4.69, 9.17) is 4.74 Å². The van der Waals surface area contributed by atoms with Crippen molar-refractivity contribution in [3.05, 3.63) is 29.8 Å². The highest BCUT2D eigenvalue weighted by molar-refractivity contribution is 5.89. The second-order valence-electron chi connectivity index (χ2n) is 5.62. The molecule has 5 nitrogen and oxygen atoms in total. The van der Waals surface area contributed by atoms with Crippen LogP contribution >= 0.6 is 0 Å². The topological polar surface area (TPSA) is 61.8 Å². The smallest absolute Gasteiger partial charge is 0.321 e. The number of benzene rings is 1. The molecule has 1 fully saturated rings. The Bertz CT molecular complexity index is 468. The molecule has 1 atom stereocenters. The van der Waals surface area contributed by atoms with Gasteiger partial charge in [-0.05, 0) is 43.4 Å². The second-order valence-corrected chi connectivity index (χ2v) is 5.62. The van der Waals surface area contributed by atoms with E-state index < -0.39 is 6.10 Å². The van der Waals surface area contributed by atoms with E-state index in [-0.39, 0.29) is 6.03 Å². The number of carbonyl (C=O) groups is 1. The molecular formula is C16H24N2O3. The van der Waals surface area contributed by atoms with Gasteiger partial charge in [0.25, 0.3) is 0 Å². The highest BCUT2D eigenvalue weighted by Gasteiger charge is 2.22. The molecule has 116 valence electrons. The summed E-state index contributed by atoms with van der Waals surface area (Å²) in [4.78, 5) is 14.1. The fourth-order valence-electron chi connectivity index (χ4n) is 2.62. The summed E-state index contributed by atoms with van der Waals surface area (Å²) >= 11 is 0. The summed E-state index contributed by atoms with van der Waals surface area (Å²) < 4.78 is 5.17. The van der Waals surface area contributed by atoms with Gasteiger partial charge in [-0.15, -0.1) is 0 Å². The summed E-state index contributed by atoms with van der Waals surface area (Å²) in [5.74, 6) is 0.553. The summed E-state index contributed by atoms with van der Waals surface area (Å²) in [6.45, 7) is 4.00. The molecule has 0 bridgehead atoms. The predicted octanol–water partition coefficient (Wildman–Crippen LogP) is 2.63. The molecule has 2 rings (SSSR count). The Morgan fingerprint density at radius 1 is 1.48 bits per heavy atom. The van der Waals surface area contributed by atoms with E-state index in [0.717, 1.165) is 43.8 Å². The molecule has 2 amide bonds. The number of carbonyl (C=O) groups excluding carboxylic acids is 1. The largest absolute Gasteiger partial charge is 0.389 e. The number of ether oxygens (including phenoxy) is 1. The molecule has 1 saturated heterocycles. The summed E-state index contributed by atoms with van der Waals surface area (Å²) in [5, 5.41) is 12.5. The van der Waals surface area contributed by atoms with E-state index >= 15 is 0 Å². The van der Waals surface area contributed by atoms with E-state index in [1.54, 1.807) is 20.1 Å². The molecule has 1 unspecified atom stereocenters. The van der Waals surface area contributed by atoms with Crippen molar-refractivity contribution in [3.8, 4) is 0 Å². The van der Waals surface area contributed by atoms with E-state index in [2.05, 4.69) is 5.32 Å². The van der Waals surface area contributed by atoms with Crippen LogP contribution in [0.1, 0.15) is 31.4 Å². The van der Waals surface area contributed by atoms with Gasteiger partial charge in [0.05, 0.1) is 6.10 Å². The minimum absolute atomic E-state index is 0.0754. The van der Waals surface area contributed by atoms with E-state index in [1.807, 2.05) is 23.1 Å². The molecular weight excluding hydrogens is 268 g/mol. The molecule has 21 heavy (non-hydrogen) atoms. The van der Waals surface area contributed by atoms with Gasteiger partial charge < -0.3 is 20.1 Å². The van der Waals surface area contributed by atoms with Crippen LogP contribution in [0, 0.1) is 5.92 Å². The van der Waals surface area contributed by atoms with Gasteiger partial charge in [0.2, 0.25) is 0 Å². The fourth-order valence-corrected chi connectivity index (χ4v) is 2.62. The van der Waals surface area contributed by atoms with Crippen molar-refractivity contribution in [1.82, 2.24) is 4.90 Å². The van der Waals surface area contributed by atoms with Crippen molar-refractivity contribution in [1.29, 1.82) is 0 Å². The standard InChI is InChI=1S/C16H24N2O3/c1-12(19)14-4-3-5-15(10-14)17-16(20)18-8-6-13(7-9-18)11-21-2/h3-5,10,12-13,19H,6-9,11H2,1-2H3,(H,17,20). The van der Waals surface area contributed by atoms with Crippen molar-refractivity contribution in [2.45, 2.75) is 25.9 Å². The van der Waals surface area contributed by atoms with Crippen molar-refractivity contribution in [2.75, 3.05) is 32.1 Å². The van der Waals surface area contributed by atoms with Gasteiger partial charge in [-0.1, -0.05) is 12.1 Å². The molecule has 0 spiro atoms. The van der Waals surface area contributed by atoms with Crippen LogP contribution < -0.4 is 5.32 Å². The minimum Gasteiger partial charge on any atom is -0.389 e. The zero-order valence-electron chi connectivity index (χ0n) is 12.7. The quantitative estimate of drug-likeness (QED) is 0.896. The van der Waals surface area contributed by atoms with Crippen LogP contribution in [0.3, 0.4) is 0 Å². The number of anilines is 1. The molecule has 0 radical (unpaired) electrons. The number of piperidine rings is 1. The molecule has 0 aromatic heterocycles. The average molecular weight is 292 g/mol. The van der Waals surface area contributed by atoms with Gasteiger partial charge in [0.1, 0.15) is 0 Å². The van der Waals surface area contributed by atoms with Crippen LogP contribution in [-0.2, 0) is 4.74 Å². The van der Waals surface area contributed by atoms with Crippen LogP contribution in [0.4, 0.5) is 10.5 Å². The van der Waals surface area contributed by atoms with Gasteiger partial charge >= 0.3 is 6.03 Å². The zero-order valence-corrected chi connectivity index (χ0v) is 12.7. The van der Waals surface area contributed by atoms with E-state index in [0.29, 0.717) is 5.92 Å². The number of amides is 2. The fraction of sp³-hybridized carbons (Fsp3) is 0.562. The zero-order chi connectivity index (χ0) is 15.2. The third-order valence-electron chi connectivity index (χ3n) is 3.92. The van der Waals surface area contributed by atoms with Gasteiger partial charge in [0, 0.05) is 32.5 Å². The van der Waals surface area contributed by atoms with Crippen LogP contribution in [0.15, 0.2) is 24.3 Å². The highest BCUT2D eigenvalue weighted by Crippen LogP contribution is 2.20. The number of nitrogens with zero attached hydrogens (tertiary/aromatic N) is 1. The Morgan fingerprint density at radius 3 is 2.81 bits per heavy atom. The first kappa shape index (κ1) is 15.8. The third kappa shape index (κ3) is 4.44. The average Bonchev–Trinajstić information content (AvgIpc) is 2.48. The molecule has 2 N–H and O–H groups in total. The number of urea groups is 1. The van der Waals surface area contributed by atoms with Crippen molar-refractivity contribution in [2.24, 2.45) is 5.92 Å². The molecule has 0 saturated carbocycles. The van der Waals surface area contributed by atoms with Crippen molar-refractivity contribution in [3.63, 3.8) is 0 Å². The number of aliphatic hydroxyl groups is 1. The summed E-state index contributed by atoms with van der Waals surface area (Å²) in [6.07, 6.45) is 1.43. The third-order valence-corrected chi connectivity index (χ3v) is 3.92. The number of hydrogen-bond donors (Lipinski definition) is 2. The molecule has 1 heterocycles. The van der Waals surface area contributed by atoms with Crippen LogP contribution in [0.5, 0.6) is 0 Å². The van der Waals surface area contributed by atoms with Crippen molar-refractivity contribution >= 4 is 11.7 Å². The van der Waals surface area contributed by atoms with E-state index in [9.17, 15) is 9.90 Å². The first-order valence-corrected chi connectivity index (χ1v) is 7.43. The lowest BCUT2D eigenvalue weighted by Crippen LogP contribution is -2.41. The van der Waals surface area contributed by atoms with Gasteiger partial charge in [0.15, 0.2) is 0 Å². The maximum atomic E-state index is 12.2. The second kappa shape index (κ2) is 7.43. The first-order chi connectivity index (χ1) is 10.1. The van der Waals surface area contributed by atoms with Gasteiger partial charge in [-0.25, -0.2) is 4.79 Å². The number of methoxy groups -OCH3 is 1. The summed E-state index contributed by atoms with van der Waals surface area (Å²) in [5.41, 5.74) is 1.52. The molecule has 5 heteroatoms. The Hall–Kier alpha value is -1.59. The molecule has 1 aliphatic rings. The number of rotatable bonds is 4. The monoisotopic (exact) mass is 292 g/mol. The van der Waals surface area contributed by atoms with Crippen LogP contribution in [0.2, 0.25) is 0 Å². The predicted molar refractivity (Wildman–Crippen MR) is 82.3 cm³/mol. The number of nitrogens with one attached hydrogen (secondary N) is 1. The first-order valence-electron chi connectivity index (χ1n) is 7.43. The lowest BCUT2D eigenvalue weighted by molar-refractivity contribution is 0.110. The summed E-state index contributed by atoms with van der Waals surface area (Å²) in [7, 11) is 1.72. The Balaban J connectivity index is 1.89. The maximum Gasteiger partial charge on any atom is 0.321 e. The Kier molecular flexibility index (Phi) is 5.59. The number of hydrogen-bond acceptors (Lipinski definition) is 3. The molecule has 1 aromatic carbocycles. The van der Waals surface area contributed by atoms with Gasteiger partial charge in [-0.2, -0.15) is 0 Å². The SMILES string of the molecule is COCC1CCN(C(=O)Nc2cccc(C(C)O)c2)CC1. The molecule has 1 aromatic rings. The van der Waals surface area contributed by atoms with Crippen LogP contribution in [-0.4, -0.2) is 42.8 Å².